The van der Waals surface area contributed by atoms with Crippen LogP contribution in [0.2, 0.25) is 0 Å². The summed E-state index contributed by atoms with van der Waals surface area (Å²) in [6.45, 7) is 3.41. The van der Waals surface area contributed by atoms with Gasteiger partial charge in [0.05, 0.1) is 24.8 Å². The van der Waals surface area contributed by atoms with Gasteiger partial charge >= 0.3 is 18.1 Å². The second-order valence-corrected chi connectivity index (χ2v) is 7.01. The molecule has 0 radical (unpaired) electrons. The number of hydrogen-bond donors (Lipinski definition) is 0. The monoisotopic (exact) mass is 427 g/mol. The normalized spacial score (nSPS) is 22.0. The molecular weight excluding hydrogens is 407 g/mol. The van der Waals surface area contributed by atoms with Gasteiger partial charge in [0.15, 0.2) is 5.41 Å². The highest BCUT2D eigenvalue weighted by atomic mass is 19.4. The summed E-state index contributed by atoms with van der Waals surface area (Å²) >= 11 is 0. The molecule has 0 amide bonds. The van der Waals surface area contributed by atoms with Gasteiger partial charge in [-0.05, 0) is 25.8 Å². The summed E-state index contributed by atoms with van der Waals surface area (Å²) < 4.78 is 48.5. The van der Waals surface area contributed by atoms with Gasteiger partial charge in [0, 0.05) is 11.5 Å². The number of halogens is 3. The Morgan fingerprint density at radius 1 is 1.10 bits per heavy atom. The van der Waals surface area contributed by atoms with E-state index in [0.717, 1.165) is 12.1 Å². The van der Waals surface area contributed by atoms with Crippen molar-refractivity contribution in [1.82, 2.24) is 0 Å². The predicted octanol–water partition coefficient (Wildman–Crippen LogP) is 3.03. The molecule has 1 aromatic carbocycles. The zero-order valence-corrected chi connectivity index (χ0v) is 16.3. The average Bonchev–Trinajstić information content (AvgIpc) is 3.26. The average molecular weight is 427 g/mol. The van der Waals surface area contributed by atoms with Gasteiger partial charge in [0.1, 0.15) is 6.61 Å². The van der Waals surface area contributed by atoms with Crippen LogP contribution in [0.5, 0.6) is 0 Å². The van der Waals surface area contributed by atoms with Crippen molar-refractivity contribution in [3.63, 3.8) is 0 Å². The Bertz CT molecular complexity index is 860. The standard InChI is InChI=1S/C20H20F3NO6/c1-3-28-17(26)19(18(27)29-4-2)9-13-10-30-24-15(13)14(19)11-5-7-12(8-6-11)16(25)20(21,22)23/h5-8,13-14H,3-4,9-10H2,1-2H3/t13-,14-/m1/s1. The van der Waals surface area contributed by atoms with Crippen LogP contribution in [0, 0.1) is 11.3 Å². The van der Waals surface area contributed by atoms with E-state index in [9.17, 15) is 27.6 Å². The fraction of sp³-hybridized carbons (Fsp3) is 0.500. The van der Waals surface area contributed by atoms with Crippen molar-refractivity contribution in [1.29, 1.82) is 0 Å². The topological polar surface area (TPSA) is 91.3 Å². The Labute approximate surface area is 170 Å². The van der Waals surface area contributed by atoms with E-state index < -0.39 is 40.8 Å². The number of carbonyl (C=O) groups is 3. The Hall–Kier alpha value is -2.91. The molecule has 1 aromatic rings. The first-order valence-corrected chi connectivity index (χ1v) is 9.42. The van der Waals surface area contributed by atoms with Crippen molar-refractivity contribution in [3.8, 4) is 0 Å². The lowest BCUT2D eigenvalue weighted by Crippen LogP contribution is -2.45. The van der Waals surface area contributed by atoms with Gasteiger partial charge in [-0.25, -0.2) is 0 Å². The SMILES string of the molecule is CCOC(=O)C1(C(=O)OCC)C[C@@H]2CON=C2[C@H]1c1ccc(C(=O)C(F)(F)F)cc1. The molecule has 0 N–H and O–H groups in total. The van der Waals surface area contributed by atoms with Gasteiger partial charge in [-0.2, -0.15) is 13.2 Å². The van der Waals surface area contributed by atoms with E-state index in [2.05, 4.69) is 5.16 Å². The molecule has 0 aromatic heterocycles. The van der Waals surface area contributed by atoms with E-state index in [1.807, 2.05) is 0 Å². The highest BCUT2D eigenvalue weighted by Gasteiger charge is 2.65. The van der Waals surface area contributed by atoms with Crippen molar-refractivity contribution < 1.29 is 41.9 Å². The van der Waals surface area contributed by atoms with Crippen LogP contribution in [0.1, 0.15) is 42.1 Å². The summed E-state index contributed by atoms with van der Waals surface area (Å²) in [5.41, 5.74) is -1.54. The molecule has 30 heavy (non-hydrogen) atoms. The number of alkyl halides is 3. The molecule has 2 aliphatic rings. The van der Waals surface area contributed by atoms with E-state index in [4.69, 9.17) is 14.3 Å². The molecular formula is C20H20F3NO6. The van der Waals surface area contributed by atoms with E-state index >= 15 is 0 Å². The molecule has 162 valence electrons. The lowest BCUT2D eigenvalue weighted by molar-refractivity contribution is -0.173. The van der Waals surface area contributed by atoms with Crippen LogP contribution in [0.25, 0.3) is 0 Å². The van der Waals surface area contributed by atoms with Gasteiger partial charge in [0.25, 0.3) is 5.78 Å². The molecule has 1 fully saturated rings. The van der Waals surface area contributed by atoms with Crippen LogP contribution in [0.15, 0.2) is 29.4 Å². The summed E-state index contributed by atoms with van der Waals surface area (Å²) in [7, 11) is 0. The Morgan fingerprint density at radius 3 is 2.17 bits per heavy atom. The van der Waals surface area contributed by atoms with Gasteiger partial charge in [-0.1, -0.05) is 29.4 Å². The maximum atomic E-state index is 13.0. The highest BCUT2D eigenvalue weighted by molar-refractivity contribution is 6.12. The smallest absolute Gasteiger partial charge is 0.454 e. The molecule has 0 spiro atoms. The van der Waals surface area contributed by atoms with Crippen LogP contribution >= 0.6 is 0 Å². The zero-order chi connectivity index (χ0) is 22.1. The number of ether oxygens (including phenoxy) is 2. The lowest BCUT2D eigenvalue weighted by atomic mass is 9.73. The van der Waals surface area contributed by atoms with Crippen molar-refractivity contribution in [3.05, 3.63) is 35.4 Å². The first-order valence-electron chi connectivity index (χ1n) is 9.42. The third-order valence-corrected chi connectivity index (χ3v) is 5.26. The molecule has 1 heterocycles. The number of Topliss-reactive ketones (excluding diaryl/α,β-unsaturated/α-hetero) is 1. The fourth-order valence-electron chi connectivity index (χ4n) is 4.02. The Kier molecular flexibility index (Phi) is 5.87. The molecule has 7 nitrogen and oxygen atoms in total. The number of hydrogen-bond acceptors (Lipinski definition) is 7. The van der Waals surface area contributed by atoms with Crippen LogP contribution < -0.4 is 0 Å². The van der Waals surface area contributed by atoms with Crippen LogP contribution in [-0.2, 0) is 23.9 Å². The lowest BCUT2D eigenvalue weighted by Gasteiger charge is -2.31. The number of nitrogens with zero attached hydrogens (tertiary/aromatic N) is 1. The molecule has 0 bridgehead atoms. The number of fused-ring (bicyclic) bond motifs is 1. The number of esters is 2. The molecule has 10 heteroatoms. The number of oxime groups is 1. The second kappa shape index (κ2) is 8.08. The van der Waals surface area contributed by atoms with Gasteiger partial charge in [-0.15, -0.1) is 0 Å². The summed E-state index contributed by atoms with van der Waals surface area (Å²) in [5, 5.41) is 3.99. The third kappa shape index (κ3) is 3.54. The second-order valence-electron chi connectivity index (χ2n) is 7.01. The highest BCUT2D eigenvalue weighted by Crippen LogP contribution is 2.53. The van der Waals surface area contributed by atoms with E-state index in [0.29, 0.717) is 11.3 Å². The fourth-order valence-corrected chi connectivity index (χ4v) is 4.02. The first kappa shape index (κ1) is 21.8. The van der Waals surface area contributed by atoms with Gasteiger partial charge in [0.2, 0.25) is 0 Å². The molecule has 0 saturated heterocycles. The minimum Gasteiger partial charge on any atom is -0.465 e. The predicted molar refractivity (Wildman–Crippen MR) is 96.8 cm³/mol. The molecule has 2 atom stereocenters. The van der Waals surface area contributed by atoms with Gasteiger partial charge < -0.3 is 14.3 Å². The van der Waals surface area contributed by atoms with Crippen molar-refractivity contribution in [2.75, 3.05) is 19.8 Å². The Balaban J connectivity index is 2.09. The molecule has 1 aliphatic heterocycles. The number of benzene rings is 1. The largest absolute Gasteiger partial charge is 0.465 e. The van der Waals surface area contributed by atoms with Crippen LogP contribution in [0.4, 0.5) is 13.2 Å². The quantitative estimate of drug-likeness (QED) is 0.394. The van der Waals surface area contributed by atoms with Crippen molar-refractivity contribution in [2.24, 2.45) is 16.5 Å². The van der Waals surface area contributed by atoms with Crippen molar-refractivity contribution >= 4 is 23.4 Å². The minimum atomic E-state index is -5.01. The van der Waals surface area contributed by atoms with E-state index in [1.54, 1.807) is 13.8 Å². The van der Waals surface area contributed by atoms with E-state index in [-0.39, 0.29) is 32.2 Å². The maximum absolute atomic E-state index is 13.0. The Morgan fingerprint density at radius 2 is 1.67 bits per heavy atom. The number of ketones is 1. The summed E-state index contributed by atoms with van der Waals surface area (Å²) in [4.78, 5) is 42.6. The minimum absolute atomic E-state index is 0.0272. The number of carbonyl (C=O) groups excluding carboxylic acids is 3. The van der Waals surface area contributed by atoms with Gasteiger partial charge in [-0.3, -0.25) is 14.4 Å². The summed E-state index contributed by atoms with van der Waals surface area (Å²) in [6, 6.07) is 4.58. The molecule has 3 rings (SSSR count). The molecule has 1 saturated carbocycles. The molecule has 0 unspecified atom stereocenters. The maximum Gasteiger partial charge on any atom is 0.454 e. The zero-order valence-electron chi connectivity index (χ0n) is 16.3. The van der Waals surface area contributed by atoms with Crippen LogP contribution in [0.3, 0.4) is 0 Å². The van der Waals surface area contributed by atoms with Crippen molar-refractivity contribution in [2.45, 2.75) is 32.4 Å². The summed E-state index contributed by atoms with van der Waals surface area (Å²) in [5.74, 6) is -4.86. The molecule has 1 aliphatic carbocycles. The third-order valence-electron chi connectivity index (χ3n) is 5.26. The van der Waals surface area contributed by atoms with Crippen LogP contribution in [-0.4, -0.2) is 49.4 Å². The summed E-state index contributed by atoms with van der Waals surface area (Å²) in [6.07, 6.45) is -4.97. The number of rotatable bonds is 6. The van der Waals surface area contributed by atoms with E-state index in [1.165, 1.54) is 12.1 Å². The first-order chi connectivity index (χ1) is 14.2.